The van der Waals surface area contributed by atoms with E-state index < -0.39 is 6.61 Å². The monoisotopic (exact) mass is 298 g/mol. The van der Waals surface area contributed by atoms with E-state index in [0.717, 1.165) is 5.01 Å². The third-order valence-electron chi connectivity index (χ3n) is 2.88. The SMILES string of the molecule is CC(C)(NCc1ccccc1OC(F)F)c1nccs1. The van der Waals surface area contributed by atoms with Gasteiger partial charge < -0.3 is 10.1 Å². The number of ether oxygens (including phenoxy) is 1. The topological polar surface area (TPSA) is 34.1 Å². The van der Waals surface area contributed by atoms with Crippen molar-refractivity contribution in [1.82, 2.24) is 10.3 Å². The molecular formula is C14H16F2N2OS. The molecule has 0 saturated heterocycles. The van der Waals surface area contributed by atoms with E-state index >= 15 is 0 Å². The molecule has 0 radical (unpaired) electrons. The summed E-state index contributed by atoms with van der Waals surface area (Å²) in [6.07, 6.45) is 1.75. The van der Waals surface area contributed by atoms with Gasteiger partial charge in [0.2, 0.25) is 0 Å². The van der Waals surface area contributed by atoms with Crippen molar-refractivity contribution >= 4 is 11.3 Å². The highest BCUT2D eigenvalue weighted by atomic mass is 32.1. The molecule has 108 valence electrons. The normalized spacial score (nSPS) is 11.8. The molecular weight excluding hydrogens is 282 g/mol. The number of thiazole rings is 1. The number of halogens is 2. The molecule has 0 amide bonds. The van der Waals surface area contributed by atoms with Gasteiger partial charge in [-0.3, -0.25) is 0 Å². The van der Waals surface area contributed by atoms with Gasteiger partial charge in [-0.1, -0.05) is 18.2 Å². The van der Waals surface area contributed by atoms with Gasteiger partial charge in [0.25, 0.3) is 0 Å². The summed E-state index contributed by atoms with van der Waals surface area (Å²) in [5.41, 5.74) is 0.365. The average molecular weight is 298 g/mol. The van der Waals surface area contributed by atoms with Gasteiger partial charge in [-0.15, -0.1) is 11.3 Å². The predicted molar refractivity (Wildman–Crippen MR) is 75.1 cm³/mol. The van der Waals surface area contributed by atoms with Gasteiger partial charge in [0.15, 0.2) is 0 Å². The standard InChI is InChI=1S/C14H16F2N2OS/c1-14(2,12-17-7-8-20-12)18-9-10-5-3-4-6-11(10)19-13(15)16/h3-8,13,18H,9H2,1-2H3. The summed E-state index contributed by atoms with van der Waals surface area (Å²) in [5.74, 6) is 0.199. The maximum Gasteiger partial charge on any atom is 0.387 e. The van der Waals surface area contributed by atoms with Gasteiger partial charge in [-0.2, -0.15) is 8.78 Å². The van der Waals surface area contributed by atoms with Crippen LogP contribution in [0, 0.1) is 0 Å². The van der Waals surface area contributed by atoms with Crippen molar-refractivity contribution in [2.75, 3.05) is 0 Å². The minimum Gasteiger partial charge on any atom is -0.434 e. The molecule has 20 heavy (non-hydrogen) atoms. The zero-order valence-electron chi connectivity index (χ0n) is 11.3. The highest BCUT2D eigenvalue weighted by molar-refractivity contribution is 7.09. The summed E-state index contributed by atoms with van der Waals surface area (Å²) in [5, 5.41) is 6.17. The summed E-state index contributed by atoms with van der Waals surface area (Å²) in [7, 11) is 0. The van der Waals surface area contributed by atoms with Crippen LogP contribution < -0.4 is 10.1 Å². The summed E-state index contributed by atoms with van der Waals surface area (Å²) in [6, 6.07) is 6.78. The van der Waals surface area contributed by atoms with Gasteiger partial charge >= 0.3 is 6.61 Å². The van der Waals surface area contributed by atoms with E-state index in [1.54, 1.807) is 41.8 Å². The van der Waals surface area contributed by atoms with Gasteiger partial charge in [0, 0.05) is 23.7 Å². The zero-order chi connectivity index (χ0) is 14.6. The van der Waals surface area contributed by atoms with Crippen LogP contribution in [0.5, 0.6) is 5.75 Å². The summed E-state index contributed by atoms with van der Waals surface area (Å²) in [6.45, 7) is 1.61. The molecule has 0 unspecified atom stereocenters. The van der Waals surface area contributed by atoms with Crippen LogP contribution in [0.1, 0.15) is 24.4 Å². The Hall–Kier alpha value is -1.53. The van der Waals surface area contributed by atoms with Crippen molar-refractivity contribution in [2.24, 2.45) is 0 Å². The fraction of sp³-hybridized carbons (Fsp3) is 0.357. The van der Waals surface area contributed by atoms with Crippen LogP contribution in [0.3, 0.4) is 0 Å². The minimum atomic E-state index is -2.82. The molecule has 3 nitrogen and oxygen atoms in total. The highest BCUT2D eigenvalue weighted by Crippen LogP contribution is 2.25. The van der Waals surface area contributed by atoms with Gasteiger partial charge in [0.05, 0.1) is 5.54 Å². The Bertz CT molecular complexity index is 544. The smallest absolute Gasteiger partial charge is 0.387 e. The van der Waals surface area contributed by atoms with Gasteiger partial charge in [-0.05, 0) is 19.9 Å². The van der Waals surface area contributed by atoms with E-state index in [2.05, 4.69) is 15.0 Å². The quantitative estimate of drug-likeness (QED) is 0.881. The molecule has 0 aliphatic rings. The lowest BCUT2D eigenvalue weighted by atomic mass is 10.1. The molecule has 0 atom stereocenters. The van der Waals surface area contributed by atoms with E-state index in [-0.39, 0.29) is 11.3 Å². The molecule has 0 bridgehead atoms. The maximum atomic E-state index is 12.3. The number of hydrogen-bond donors (Lipinski definition) is 1. The van der Waals surface area contributed by atoms with Crippen molar-refractivity contribution in [3.8, 4) is 5.75 Å². The fourth-order valence-electron chi connectivity index (χ4n) is 1.78. The molecule has 1 aromatic heterocycles. The van der Waals surface area contributed by atoms with Crippen molar-refractivity contribution in [3.05, 3.63) is 46.4 Å². The van der Waals surface area contributed by atoms with Crippen molar-refractivity contribution in [3.63, 3.8) is 0 Å². The minimum absolute atomic E-state index is 0.199. The predicted octanol–water partition coefficient (Wildman–Crippen LogP) is 3.77. The lowest BCUT2D eigenvalue weighted by Gasteiger charge is -2.24. The number of nitrogens with zero attached hydrogens (tertiary/aromatic N) is 1. The van der Waals surface area contributed by atoms with Crippen molar-refractivity contribution in [2.45, 2.75) is 32.5 Å². The first kappa shape index (κ1) is 14.9. The van der Waals surface area contributed by atoms with Crippen LogP contribution in [-0.2, 0) is 12.1 Å². The second-order valence-corrected chi connectivity index (χ2v) is 5.70. The van der Waals surface area contributed by atoms with E-state index in [1.165, 1.54) is 0 Å². The Morgan fingerprint density at radius 3 is 2.75 bits per heavy atom. The average Bonchev–Trinajstić information content (AvgIpc) is 2.92. The van der Waals surface area contributed by atoms with Crippen LogP contribution in [0.2, 0.25) is 0 Å². The highest BCUT2D eigenvalue weighted by Gasteiger charge is 2.23. The Kier molecular flexibility index (Phi) is 4.67. The summed E-state index contributed by atoms with van der Waals surface area (Å²) in [4.78, 5) is 4.28. The van der Waals surface area contributed by atoms with E-state index in [9.17, 15) is 8.78 Å². The summed E-state index contributed by atoms with van der Waals surface area (Å²) >= 11 is 1.55. The van der Waals surface area contributed by atoms with Crippen LogP contribution in [0.15, 0.2) is 35.8 Å². The molecule has 1 N–H and O–H groups in total. The number of benzene rings is 1. The first-order valence-corrected chi connectivity index (χ1v) is 7.05. The fourth-order valence-corrected chi connectivity index (χ4v) is 2.52. The molecule has 2 aromatic rings. The third-order valence-corrected chi connectivity index (χ3v) is 3.97. The van der Waals surface area contributed by atoms with Crippen molar-refractivity contribution in [1.29, 1.82) is 0 Å². The molecule has 0 aliphatic heterocycles. The maximum absolute atomic E-state index is 12.3. The molecule has 0 aliphatic carbocycles. The number of nitrogens with one attached hydrogen (secondary N) is 1. The zero-order valence-corrected chi connectivity index (χ0v) is 12.1. The van der Waals surface area contributed by atoms with Crippen LogP contribution >= 0.6 is 11.3 Å². The number of aromatic nitrogens is 1. The van der Waals surface area contributed by atoms with E-state index in [4.69, 9.17) is 0 Å². The Balaban J connectivity index is 2.07. The Morgan fingerprint density at radius 2 is 2.10 bits per heavy atom. The number of rotatable bonds is 6. The summed E-state index contributed by atoms with van der Waals surface area (Å²) < 4.78 is 29.2. The third kappa shape index (κ3) is 3.74. The molecule has 1 heterocycles. The first-order valence-electron chi connectivity index (χ1n) is 6.17. The number of hydrogen-bond acceptors (Lipinski definition) is 4. The molecule has 1 aromatic carbocycles. The van der Waals surface area contributed by atoms with E-state index in [0.29, 0.717) is 12.1 Å². The van der Waals surface area contributed by atoms with Crippen LogP contribution in [0.25, 0.3) is 0 Å². The first-order chi connectivity index (χ1) is 9.49. The van der Waals surface area contributed by atoms with Crippen molar-refractivity contribution < 1.29 is 13.5 Å². The van der Waals surface area contributed by atoms with Crippen LogP contribution in [0.4, 0.5) is 8.78 Å². The Morgan fingerprint density at radius 1 is 1.35 bits per heavy atom. The molecule has 0 saturated carbocycles. The second-order valence-electron chi connectivity index (χ2n) is 4.80. The lowest BCUT2D eigenvalue weighted by Crippen LogP contribution is -2.36. The number of alkyl halides is 2. The lowest BCUT2D eigenvalue weighted by molar-refractivity contribution is -0.0505. The molecule has 0 spiro atoms. The van der Waals surface area contributed by atoms with Gasteiger partial charge in [-0.25, -0.2) is 4.98 Å². The van der Waals surface area contributed by atoms with E-state index in [1.807, 2.05) is 19.2 Å². The second kappa shape index (κ2) is 6.28. The largest absolute Gasteiger partial charge is 0.434 e. The van der Waals surface area contributed by atoms with Crippen LogP contribution in [-0.4, -0.2) is 11.6 Å². The molecule has 2 rings (SSSR count). The van der Waals surface area contributed by atoms with Gasteiger partial charge in [0.1, 0.15) is 10.8 Å². The number of para-hydroxylation sites is 1. The molecule has 0 fully saturated rings. The Labute approximate surface area is 120 Å². The molecule has 6 heteroatoms.